The molecule has 0 fully saturated rings. The van der Waals surface area contributed by atoms with Crippen molar-refractivity contribution >= 4 is 11.9 Å². The lowest BCUT2D eigenvalue weighted by Crippen LogP contribution is -2.51. The van der Waals surface area contributed by atoms with Gasteiger partial charge in [-0.25, -0.2) is 4.79 Å². The summed E-state index contributed by atoms with van der Waals surface area (Å²) in [6.07, 6.45) is 1.54. The average Bonchev–Trinajstić information content (AvgIpc) is 2.33. The van der Waals surface area contributed by atoms with Crippen molar-refractivity contribution in [2.45, 2.75) is 53.2 Å². The Morgan fingerprint density at radius 3 is 2.19 bits per heavy atom. The summed E-state index contributed by atoms with van der Waals surface area (Å²) < 4.78 is 5.39. The Morgan fingerprint density at radius 1 is 1.14 bits per heavy atom. The third-order valence-corrected chi connectivity index (χ3v) is 2.68. The van der Waals surface area contributed by atoms with Gasteiger partial charge in [0.1, 0.15) is 17.3 Å². The molecule has 5 nitrogen and oxygen atoms in total. The summed E-state index contributed by atoms with van der Waals surface area (Å²) in [5.41, 5.74) is -0.793. The lowest BCUT2D eigenvalue weighted by atomic mass is 9.86. The lowest BCUT2D eigenvalue weighted by molar-refractivity contribution is -0.160. The normalized spacial score (nSPS) is 13.4. The Balaban J connectivity index is 2.90. The monoisotopic (exact) mass is 292 g/mol. The summed E-state index contributed by atoms with van der Waals surface area (Å²) in [5.74, 6) is -0.833. The van der Waals surface area contributed by atoms with Gasteiger partial charge in [-0.15, -0.1) is 0 Å². The highest BCUT2D eigenvalue weighted by Gasteiger charge is 2.36. The van der Waals surface area contributed by atoms with Crippen LogP contribution in [0.1, 0.15) is 52.0 Å². The fourth-order valence-corrected chi connectivity index (χ4v) is 1.69. The van der Waals surface area contributed by atoms with Crippen LogP contribution in [0.5, 0.6) is 0 Å². The molecule has 0 aromatic carbocycles. The minimum Gasteiger partial charge on any atom is -0.458 e. The number of amides is 1. The molecule has 21 heavy (non-hydrogen) atoms. The number of carbonyl (C=O) groups is 2. The first kappa shape index (κ1) is 17.1. The summed E-state index contributed by atoms with van der Waals surface area (Å²) in [6, 6.07) is 4.31. The van der Waals surface area contributed by atoms with E-state index in [9.17, 15) is 9.59 Å². The molecule has 1 aromatic heterocycles. The van der Waals surface area contributed by atoms with E-state index in [1.807, 2.05) is 20.8 Å². The van der Waals surface area contributed by atoms with Gasteiger partial charge in [-0.3, -0.25) is 9.78 Å². The maximum absolute atomic E-state index is 12.3. The SMILES string of the molecule is CC(C)(C)OC(=O)[C@@H](NC(=O)c1ccccn1)C(C)(C)C. The van der Waals surface area contributed by atoms with E-state index >= 15 is 0 Å². The highest BCUT2D eigenvalue weighted by Crippen LogP contribution is 2.22. The lowest BCUT2D eigenvalue weighted by Gasteiger charge is -2.32. The number of aromatic nitrogens is 1. The van der Waals surface area contributed by atoms with Gasteiger partial charge >= 0.3 is 5.97 Å². The van der Waals surface area contributed by atoms with Crippen molar-refractivity contribution in [3.8, 4) is 0 Å². The van der Waals surface area contributed by atoms with Crippen molar-refractivity contribution in [2.75, 3.05) is 0 Å². The van der Waals surface area contributed by atoms with Gasteiger partial charge in [-0.2, -0.15) is 0 Å². The molecule has 0 unspecified atom stereocenters. The number of nitrogens with one attached hydrogen (secondary N) is 1. The molecular formula is C16H24N2O3. The van der Waals surface area contributed by atoms with Gasteiger partial charge in [0.2, 0.25) is 0 Å². The van der Waals surface area contributed by atoms with E-state index in [1.165, 1.54) is 6.20 Å². The molecule has 1 rings (SSSR count). The van der Waals surface area contributed by atoms with Gasteiger partial charge in [0.25, 0.3) is 5.91 Å². The average molecular weight is 292 g/mol. The molecule has 0 saturated heterocycles. The predicted molar refractivity (Wildman–Crippen MR) is 80.8 cm³/mol. The largest absolute Gasteiger partial charge is 0.458 e. The van der Waals surface area contributed by atoms with E-state index in [0.29, 0.717) is 0 Å². The van der Waals surface area contributed by atoms with Gasteiger partial charge in [-0.05, 0) is 38.3 Å². The second kappa shape index (κ2) is 6.24. The number of hydrogen-bond donors (Lipinski definition) is 1. The summed E-state index contributed by atoms with van der Waals surface area (Å²) in [6.45, 7) is 11.0. The van der Waals surface area contributed by atoms with Crippen molar-refractivity contribution in [1.82, 2.24) is 10.3 Å². The zero-order valence-electron chi connectivity index (χ0n) is 13.6. The number of carbonyl (C=O) groups excluding carboxylic acids is 2. The molecule has 1 heterocycles. The van der Waals surface area contributed by atoms with Crippen molar-refractivity contribution in [3.63, 3.8) is 0 Å². The topological polar surface area (TPSA) is 68.3 Å². The molecule has 0 aliphatic carbocycles. The van der Waals surface area contributed by atoms with Crippen LogP contribution >= 0.6 is 0 Å². The summed E-state index contributed by atoms with van der Waals surface area (Å²) >= 11 is 0. The molecular weight excluding hydrogens is 268 g/mol. The van der Waals surface area contributed by atoms with Crippen molar-refractivity contribution in [3.05, 3.63) is 30.1 Å². The first-order valence-electron chi connectivity index (χ1n) is 6.95. The molecule has 0 aliphatic heterocycles. The van der Waals surface area contributed by atoms with Crippen LogP contribution in [0.15, 0.2) is 24.4 Å². The molecule has 0 saturated carbocycles. The molecule has 1 atom stereocenters. The van der Waals surface area contributed by atoms with Gasteiger partial charge in [-0.1, -0.05) is 26.8 Å². The maximum atomic E-state index is 12.3. The van der Waals surface area contributed by atoms with Crippen LogP contribution < -0.4 is 5.32 Å². The second-order valence-electron chi connectivity index (χ2n) is 7.02. The molecule has 1 aromatic rings. The van der Waals surface area contributed by atoms with Crippen molar-refractivity contribution in [1.29, 1.82) is 0 Å². The third kappa shape index (κ3) is 5.53. The van der Waals surface area contributed by atoms with Crippen LogP contribution in [0.25, 0.3) is 0 Å². The van der Waals surface area contributed by atoms with Crippen LogP contribution in [0.3, 0.4) is 0 Å². The van der Waals surface area contributed by atoms with Crippen LogP contribution in [-0.2, 0) is 9.53 Å². The maximum Gasteiger partial charge on any atom is 0.329 e. The second-order valence-corrected chi connectivity index (χ2v) is 7.02. The Hall–Kier alpha value is -1.91. The molecule has 0 bridgehead atoms. The van der Waals surface area contributed by atoms with Gasteiger partial charge in [0.15, 0.2) is 0 Å². The molecule has 116 valence electrons. The van der Waals surface area contributed by atoms with Crippen molar-refractivity contribution < 1.29 is 14.3 Å². The van der Waals surface area contributed by atoms with E-state index in [4.69, 9.17) is 4.74 Å². The minimum absolute atomic E-state index is 0.273. The van der Waals surface area contributed by atoms with Crippen LogP contribution in [0.2, 0.25) is 0 Å². The highest BCUT2D eigenvalue weighted by molar-refractivity contribution is 5.95. The number of esters is 1. The molecule has 0 spiro atoms. The molecule has 1 N–H and O–H groups in total. The summed E-state index contributed by atoms with van der Waals surface area (Å²) in [7, 11) is 0. The number of rotatable bonds is 3. The smallest absolute Gasteiger partial charge is 0.329 e. The fraction of sp³-hybridized carbons (Fsp3) is 0.562. The molecule has 0 aliphatic rings. The number of hydrogen-bond acceptors (Lipinski definition) is 4. The Kier molecular flexibility index (Phi) is 5.10. The Labute approximate surface area is 126 Å². The zero-order valence-corrected chi connectivity index (χ0v) is 13.6. The van der Waals surface area contributed by atoms with Crippen LogP contribution in [0.4, 0.5) is 0 Å². The molecule has 5 heteroatoms. The first-order valence-corrected chi connectivity index (χ1v) is 6.95. The Bertz CT molecular complexity index is 498. The third-order valence-electron chi connectivity index (χ3n) is 2.68. The molecule has 0 radical (unpaired) electrons. The van der Waals surface area contributed by atoms with Crippen LogP contribution in [-0.4, -0.2) is 28.5 Å². The number of nitrogens with zero attached hydrogens (tertiary/aromatic N) is 1. The fourth-order valence-electron chi connectivity index (χ4n) is 1.69. The number of ether oxygens (including phenoxy) is 1. The van der Waals surface area contributed by atoms with Crippen LogP contribution in [0, 0.1) is 5.41 Å². The van der Waals surface area contributed by atoms with Gasteiger partial charge in [0.05, 0.1) is 0 Å². The van der Waals surface area contributed by atoms with E-state index in [0.717, 1.165) is 0 Å². The van der Waals surface area contributed by atoms with E-state index in [2.05, 4.69) is 10.3 Å². The predicted octanol–water partition coefficient (Wildman–Crippen LogP) is 2.57. The standard InChI is InChI=1S/C16H24N2O3/c1-15(2,3)12(14(20)21-16(4,5)6)18-13(19)11-9-7-8-10-17-11/h7-10,12H,1-6H3,(H,18,19)/t12-/m1/s1. The zero-order chi connectivity index (χ0) is 16.3. The van der Waals surface area contributed by atoms with E-state index < -0.39 is 23.0 Å². The van der Waals surface area contributed by atoms with Gasteiger partial charge < -0.3 is 10.1 Å². The summed E-state index contributed by atoms with van der Waals surface area (Å²) in [4.78, 5) is 28.5. The van der Waals surface area contributed by atoms with E-state index in [-0.39, 0.29) is 11.6 Å². The highest BCUT2D eigenvalue weighted by atomic mass is 16.6. The van der Waals surface area contributed by atoms with Crippen molar-refractivity contribution in [2.24, 2.45) is 5.41 Å². The van der Waals surface area contributed by atoms with E-state index in [1.54, 1.807) is 39.0 Å². The summed E-state index contributed by atoms with van der Waals surface area (Å²) in [5, 5.41) is 2.72. The minimum atomic E-state index is -0.744. The quantitative estimate of drug-likeness (QED) is 0.869. The van der Waals surface area contributed by atoms with Gasteiger partial charge in [0, 0.05) is 6.20 Å². The Morgan fingerprint density at radius 2 is 1.76 bits per heavy atom. The molecule has 1 amide bonds. The first-order chi connectivity index (χ1) is 9.50. The number of pyridine rings is 1.